The van der Waals surface area contributed by atoms with Gasteiger partial charge in [-0.3, -0.25) is 0 Å². The lowest BCUT2D eigenvalue weighted by atomic mass is 10.00. The average Bonchev–Trinajstić information content (AvgIpc) is 2.45. The van der Waals surface area contributed by atoms with Gasteiger partial charge in [0.05, 0.1) is 5.52 Å². The summed E-state index contributed by atoms with van der Waals surface area (Å²) >= 11 is 0. The number of nitrogens with two attached hydrogens (primary N) is 1. The molecule has 0 aliphatic carbocycles. The highest BCUT2D eigenvalue weighted by molar-refractivity contribution is 5.95. The first-order chi connectivity index (χ1) is 9.67. The molecule has 0 unspecified atom stereocenters. The van der Waals surface area contributed by atoms with Gasteiger partial charge in [-0.15, -0.1) is 0 Å². The molecule has 3 nitrogen and oxygen atoms in total. The minimum Gasteiger partial charge on any atom is -0.399 e. The van der Waals surface area contributed by atoms with Gasteiger partial charge in [-0.2, -0.15) is 5.26 Å². The molecule has 3 rings (SSSR count). The van der Waals surface area contributed by atoms with Crippen molar-refractivity contribution in [3.05, 3.63) is 60.0 Å². The highest BCUT2D eigenvalue weighted by Gasteiger charge is 2.09. The van der Waals surface area contributed by atoms with E-state index in [0.29, 0.717) is 11.2 Å². The molecule has 0 fully saturated rings. The second-order valence-corrected chi connectivity index (χ2v) is 4.45. The molecular formula is C16H10FN3. The van der Waals surface area contributed by atoms with Crippen LogP contribution in [0.1, 0.15) is 5.69 Å². The summed E-state index contributed by atoms with van der Waals surface area (Å²) in [7, 11) is 0. The first-order valence-corrected chi connectivity index (χ1v) is 6.04. The van der Waals surface area contributed by atoms with Gasteiger partial charge in [0.15, 0.2) is 0 Å². The summed E-state index contributed by atoms with van der Waals surface area (Å²) in [6, 6.07) is 15.4. The standard InChI is InChI=1S/C16H10FN3/c17-11-4-5-14-15(10-2-1-3-12(19)6-10)8-13(9-18)20-16(14)7-11/h1-8H,19H2. The number of nitrogens with zero attached hydrogens (tertiary/aromatic N) is 2. The predicted octanol–water partition coefficient (Wildman–Crippen LogP) is 3.49. The van der Waals surface area contributed by atoms with E-state index in [9.17, 15) is 4.39 Å². The molecule has 0 radical (unpaired) electrons. The van der Waals surface area contributed by atoms with Crippen molar-refractivity contribution in [3.8, 4) is 17.2 Å². The van der Waals surface area contributed by atoms with Crippen molar-refractivity contribution in [1.29, 1.82) is 5.26 Å². The largest absolute Gasteiger partial charge is 0.399 e. The molecule has 0 saturated carbocycles. The summed E-state index contributed by atoms with van der Waals surface area (Å²) in [6.45, 7) is 0. The summed E-state index contributed by atoms with van der Waals surface area (Å²) in [4.78, 5) is 4.13. The molecule has 1 heterocycles. The number of halogens is 1. The third-order valence-electron chi connectivity index (χ3n) is 3.08. The summed E-state index contributed by atoms with van der Waals surface area (Å²) in [5, 5.41) is 9.85. The number of aromatic nitrogens is 1. The number of rotatable bonds is 1. The van der Waals surface area contributed by atoms with Gasteiger partial charge < -0.3 is 5.73 Å². The Morgan fingerprint density at radius 2 is 1.95 bits per heavy atom. The van der Waals surface area contributed by atoms with Crippen LogP contribution in [0.5, 0.6) is 0 Å². The Bertz CT molecular complexity index is 850. The molecule has 96 valence electrons. The zero-order valence-electron chi connectivity index (χ0n) is 10.5. The highest BCUT2D eigenvalue weighted by atomic mass is 19.1. The van der Waals surface area contributed by atoms with Crippen molar-refractivity contribution in [1.82, 2.24) is 4.98 Å². The minimum atomic E-state index is -0.376. The van der Waals surface area contributed by atoms with Crippen molar-refractivity contribution in [3.63, 3.8) is 0 Å². The molecule has 0 atom stereocenters. The highest BCUT2D eigenvalue weighted by Crippen LogP contribution is 2.30. The fourth-order valence-corrected chi connectivity index (χ4v) is 2.20. The van der Waals surface area contributed by atoms with Crippen molar-refractivity contribution in [2.75, 3.05) is 5.73 Å². The van der Waals surface area contributed by atoms with E-state index < -0.39 is 0 Å². The SMILES string of the molecule is N#Cc1cc(-c2cccc(N)c2)c2ccc(F)cc2n1. The number of hydrogen-bond acceptors (Lipinski definition) is 3. The summed E-state index contributed by atoms with van der Waals surface area (Å²) < 4.78 is 13.3. The number of fused-ring (bicyclic) bond motifs is 1. The maximum atomic E-state index is 13.3. The number of anilines is 1. The van der Waals surface area contributed by atoms with Crippen LogP contribution in [0.15, 0.2) is 48.5 Å². The van der Waals surface area contributed by atoms with Crippen LogP contribution < -0.4 is 5.73 Å². The monoisotopic (exact) mass is 263 g/mol. The van der Waals surface area contributed by atoms with Crippen LogP contribution in [0.4, 0.5) is 10.1 Å². The Morgan fingerprint density at radius 3 is 2.70 bits per heavy atom. The van der Waals surface area contributed by atoms with Gasteiger partial charge in [0.2, 0.25) is 0 Å². The maximum Gasteiger partial charge on any atom is 0.141 e. The van der Waals surface area contributed by atoms with Crippen molar-refractivity contribution >= 4 is 16.6 Å². The van der Waals surface area contributed by atoms with Crippen LogP contribution in [-0.4, -0.2) is 4.98 Å². The predicted molar refractivity (Wildman–Crippen MR) is 76.3 cm³/mol. The molecule has 0 saturated heterocycles. The second-order valence-electron chi connectivity index (χ2n) is 4.45. The zero-order chi connectivity index (χ0) is 14.1. The minimum absolute atomic E-state index is 0.250. The maximum absolute atomic E-state index is 13.3. The summed E-state index contributed by atoms with van der Waals surface area (Å²) in [5.74, 6) is -0.376. The number of nitriles is 1. The lowest BCUT2D eigenvalue weighted by molar-refractivity contribution is 0.629. The fourth-order valence-electron chi connectivity index (χ4n) is 2.20. The summed E-state index contributed by atoms with van der Waals surface area (Å²) in [5.41, 5.74) is 8.83. The molecule has 0 spiro atoms. The van der Waals surface area contributed by atoms with Gasteiger partial charge in [0, 0.05) is 17.1 Å². The Balaban J connectivity index is 2.37. The molecule has 3 aromatic rings. The third kappa shape index (κ3) is 2.06. The van der Waals surface area contributed by atoms with E-state index in [1.165, 1.54) is 12.1 Å². The molecule has 0 aliphatic rings. The smallest absolute Gasteiger partial charge is 0.141 e. The van der Waals surface area contributed by atoms with Gasteiger partial charge in [-0.05, 0) is 41.5 Å². The van der Waals surface area contributed by atoms with E-state index in [4.69, 9.17) is 11.0 Å². The Kier molecular flexibility index (Phi) is 2.81. The summed E-state index contributed by atoms with van der Waals surface area (Å²) in [6.07, 6.45) is 0. The average molecular weight is 263 g/mol. The number of nitrogen functional groups attached to an aromatic ring is 1. The van der Waals surface area contributed by atoms with E-state index in [-0.39, 0.29) is 11.5 Å². The van der Waals surface area contributed by atoms with Gasteiger partial charge in [0.25, 0.3) is 0 Å². The van der Waals surface area contributed by atoms with Crippen molar-refractivity contribution in [2.45, 2.75) is 0 Å². The Morgan fingerprint density at radius 1 is 1.10 bits per heavy atom. The van der Waals surface area contributed by atoms with Crippen LogP contribution in [0.2, 0.25) is 0 Å². The molecular weight excluding hydrogens is 253 g/mol. The quantitative estimate of drug-likeness (QED) is 0.683. The number of pyridine rings is 1. The van der Waals surface area contributed by atoms with Crippen LogP contribution in [-0.2, 0) is 0 Å². The van der Waals surface area contributed by atoms with Crippen LogP contribution in [0.25, 0.3) is 22.0 Å². The Hall–Kier alpha value is -2.93. The van der Waals surface area contributed by atoms with Gasteiger partial charge in [-0.1, -0.05) is 12.1 Å². The normalized spacial score (nSPS) is 10.4. The van der Waals surface area contributed by atoms with Crippen LogP contribution in [0, 0.1) is 17.1 Å². The molecule has 1 aromatic heterocycles. The molecule has 0 bridgehead atoms. The van der Waals surface area contributed by atoms with E-state index in [2.05, 4.69) is 4.98 Å². The van der Waals surface area contributed by atoms with E-state index in [1.807, 2.05) is 24.3 Å². The molecule has 2 N–H and O–H groups in total. The van der Waals surface area contributed by atoms with Crippen molar-refractivity contribution in [2.24, 2.45) is 0 Å². The van der Waals surface area contributed by atoms with Crippen LogP contribution in [0.3, 0.4) is 0 Å². The number of hydrogen-bond donors (Lipinski definition) is 1. The van der Waals surface area contributed by atoms with Crippen molar-refractivity contribution < 1.29 is 4.39 Å². The number of benzene rings is 2. The second kappa shape index (κ2) is 4.63. The zero-order valence-corrected chi connectivity index (χ0v) is 10.5. The Labute approximate surface area is 115 Å². The molecule has 0 amide bonds. The lowest BCUT2D eigenvalue weighted by Gasteiger charge is -2.08. The topological polar surface area (TPSA) is 62.7 Å². The van der Waals surface area contributed by atoms with Gasteiger partial charge in [-0.25, -0.2) is 9.37 Å². The lowest BCUT2D eigenvalue weighted by Crippen LogP contribution is -1.91. The van der Waals surface area contributed by atoms with E-state index in [1.54, 1.807) is 18.2 Å². The third-order valence-corrected chi connectivity index (χ3v) is 3.08. The first kappa shape index (κ1) is 12.1. The van der Waals surface area contributed by atoms with E-state index >= 15 is 0 Å². The molecule has 20 heavy (non-hydrogen) atoms. The molecule has 0 aliphatic heterocycles. The van der Waals surface area contributed by atoms with Crippen LogP contribution >= 0.6 is 0 Å². The fraction of sp³-hybridized carbons (Fsp3) is 0. The first-order valence-electron chi connectivity index (χ1n) is 6.04. The molecule has 4 heteroatoms. The van der Waals surface area contributed by atoms with Gasteiger partial charge in [0.1, 0.15) is 17.6 Å². The van der Waals surface area contributed by atoms with E-state index in [0.717, 1.165) is 16.5 Å². The molecule has 2 aromatic carbocycles. The van der Waals surface area contributed by atoms with Gasteiger partial charge >= 0.3 is 0 Å².